The molecule has 0 atom stereocenters. The third-order valence-corrected chi connectivity index (χ3v) is 15.4. The van der Waals surface area contributed by atoms with Gasteiger partial charge in [-0.2, -0.15) is 8.75 Å². The maximum atomic E-state index is 6.28. The Morgan fingerprint density at radius 2 is 0.945 bits per heavy atom. The number of aromatic nitrogens is 4. The first-order valence-electron chi connectivity index (χ1n) is 18.0. The van der Waals surface area contributed by atoms with Gasteiger partial charge >= 0.3 is 0 Å². The zero-order chi connectivity index (χ0) is 38.1. The quantitative estimate of drug-likeness (QED) is 0.135. The predicted molar refractivity (Wildman–Crippen MR) is 239 cm³/mol. The van der Waals surface area contributed by atoms with E-state index in [1.54, 1.807) is 59.6 Å². The fourth-order valence-electron chi connectivity index (χ4n) is 7.16. The van der Waals surface area contributed by atoms with Crippen LogP contribution in [0.3, 0.4) is 0 Å². The van der Waals surface area contributed by atoms with E-state index in [9.17, 15) is 0 Å². The molecule has 0 saturated heterocycles. The van der Waals surface area contributed by atoms with E-state index >= 15 is 0 Å². The topological polar surface area (TPSA) is 76.5 Å². The molecule has 0 N–H and O–H groups in total. The minimum absolute atomic E-state index is 0.775. The molecule has 278 valence electrons. The first-order valence-corrected chi connectivity index (χ1v) is 22.0. The number of rotatable bonds is 10. The summed E-state index contributed by atoms with van der Waals surface area (Å²) in [6.07, 6.45) is 1.55. The largest absolute Gasteiger partial charge is 0.494 e. The van der Waals surface area contributed by atoms with Gasteiger partial charge in [-0.25, -0.2) is 9.97 Å². The van der Waals surface area contributed by atoms with Gasteiger partial charge in [-0.1, -0.05) is 38.1 Å². The summed E-state index contributed by atoms with van der Waals surface area (Å²) in [6.45, 7) is 4.30. The number of methoxy groups -OCH3 is 2. The van der Waals surface area contributed by atoms with Crippen molar-refractivity contribution in [2.24, 2.45) is 0 Å². The average molecular weight is 819 g/mol. The standard InChI is InChI=1S/C42H38N6O2S5/c1-9-25-26(10-2)44-34-32(42-38(50-8)40-30(54-42)20-28(52-40)22-13-17-24(18-14-22)48(5)6)36-35(45-55-46-36)31(33(34)43-25)41-37(49-7)39-29(53-41)19-27(51-39)21-11-15-23(16-12-21)47(3)4/h11-20H,9-10H2,1-8H3. The Bertz CT molecular complexity index is 2680. The molecule has 0 saturated carbocycles. The molecule has 0 bridgehead atoms. The molecule has 0 aliphatic heterocycles. The second-order valence-electron chi connectivity index (χ2n) is 13.7. The van der Waals surface area contributed by atoms with Crippen molar-refractivity contribution in [1.82, 2.24) is 18.7 Å². The van der Waals surface area contributed by atoms with Crippen LogP contribution in [0.4, 0.5) is 11.4 Å². The number of nitrogens with zero attached hydrogens (tertiary/aromatic N) is 6. The van der Waals surface area contributed by atoms with Crippen LogP contribution < -0.4 is 19.3 Å². The van der Waals surface area contributed by atoms with Crippen molar-refractivity contribution < 1.29 is 9.47 Å². The van der Waals surface area contributed by atoms with Crippen LogP contribution in [0.1, 0.15) is 25.2 Å². The number of aryl methyl sites for hydroxylation is 2. The molecular formula is C42H38N6O2S5. The molecule has 0 amide bonds. The molecule has 0 spiro atoms. The van der Waals surface area contributed by atoms with E-state index in [1.165, 1.54) is 53.4 Å². The minimum Gasteiger partial charge on any atom is -0.494 e. The molecule has 8 nitrogen and oxygen atoms in total. The van der Waals surface area contributed by atoms with Crippen LogP contribution in [0, 0.1) is 0 Å². The van der Waals surface area contributed by atoms with Crippen molar-refractivity contribution in [2.45, 2.75) is 26.7 Å². The summed E-state index contributed by atoms with van der Waals surface area (Å²) in [7, 11) is 11.8. The number of benzene rings is 3. The van der Waals surface area contributed by atoms with Crippen molar-refractivity contribution in [2.75, 3.05) is 52.2 Å². The van der Waals surface area contributed by atoms with E-state index in [0.29, 0.717) is 0 Å². The number of fused-ring (bicyclic) bond motifs is 4. The maximum absolute atomic E-state index is 6.28. The number of ether oxygens (including phenoxy) is 2. The van der Waals surface area contributed by atoms with E-state index in [1.807, 2.05) is 0 Å². The molecule has 0 fully saturated rings. The number of anilines is 2. The predicted octanol–water partition coefficient (Wildman–Crippen LogP) is 12.1. The maximum Gasteiger partial charge on any atom is 0.155 e. The summed E-state index contributed by atoms with van der Waals surface area (Å²) < 4.78 is 27.1. The summed E-state index contributed by atoms with van der Waals surface area (Å²) in [5, 5.41) is 0. The molecule has 0 aliphatic carbocycles. The SMILES string of the molecule is CCc1nc2c(-c3sc4cc(-c5ccc(N(C)C)cc5)sc4c3OC)c3nsnc3c(-c3sc4cc(-c5ccc(N(C)C)cc5)sc4c3OC)c2nc1CC. The highest BCUT2D eigenvalue weighted by Gasteiger charge is 2.31. The Morgan fingerprint density at radius 3 is 1.29 bits per heavy atom. The van der Waals surface area contributed by atoms with Crippen molar-refractivity contribution in [3.05, 3.63) is 72.1 Å². The third-order valence-electron chi connectivity index (χ3n) is 10.0. The van der Waals surface area contributed by atoms with Crippen molar-refractivity contribution in [3.63, 3.8) is 0 Å². The Hall–Kier alpha value is -4.66. The Balaban J connectivity index is 1.25. The highest BCUT2D eigenvalue weighted by atomic mass is 32.1. The van der Waals surface area contributed by atoms with Gasteiger partial charge < -0.3 is 19.3 Å². The summed E-state index contributed by atoms with van der Waals surface area (Å²) in [5.74, 6) is 1.67. The molecule has 3 aromatic carbocycles. The molecule has 13 heteroatoms. The van der Waals surface area contributed by atoms with E-state index < -0.39 is 0 Å². The first-order chi connectivity index (χ1) is 26.7. The van der Waals surface area contributed by atoms with E-state index in [-0.39, 0.29) is 0 Å². The van der Waals surface area contributed by atoms with Crippen LogP contribution in [0.2, 0.25) is 0 Å². The lowest BCUT2D eigenvalue weighted by molar-refractivity contribution is 0.423. The third kappa shape index (κ3) is 5.86. The van der Waals surface area contributed by atoms with Crippen LogP contribution >= 0.6 is 57.1 Å². The zero-order valence-corrected chi connectivity index (χ0v) is 35.8. The molecule has 55 heavy (non-hydrogen) atoms. The summed E-state index contributed by atoms with van der Waals surface area (Å²) in [6, 6.07) is 22.0. The second kappa shape index (κ2) is 14.1. The molecule has 9 rings (SSSR count). The van der Waals surface area contributed by atoms with E-state index in [0.717, 1.165) is 88.1 Å². The summed E-state index contributed by atoms with van der Waals surface area (Å²) in [5.41, 5.74) is 11.8. The lowest BCUT2D eigenvalue weighted by Gasteiger charge is -2.15. The molecule has 6 aromatic heterocycles. The molecule has 0 aliphatic rings. The fraction of sp³-hybridized carbons (Fsp3) is 0.238. The fourth-order valence-corrected chi connectivity index (χ4v) is 13.0. The number of hydrogen-bond acceptors (Lipinski definition) is 13. The van der Waals surface area contributed by atoms with Crippen molar-refractivity contribution >= 4 is 109 Å². The lowest BCUT2D eigenvalue weighted by atomic mass is 10.0. The van der Waals surface area contributed by atoms with Crippen LogP contribution in [0.25, 0.3) is 82.6 Å². The van der Waals surface area contributed by atoms with Gasteiger partial charge in [-0.15, -0.1) is 45.3 Å². The number of hydrogen-bond donors (Lipinski definition) is 0. The molecule has 9 aromatic rings. The Kier molecular flexibility index (Phi) is 9.25. The smallest absolute Gasteiger partial charge is 0.155 e. The molecular weight excluding hydrogens is 781 g/mol. The van der Waals surface area contributed by atoms with E-state index in [2.05, 4.69) is 113 Å². The zero-order valence-electron chi connectivity index (χ0n) is 31.7. The Morgan fingerprint density at radius 1 is 0.545 bits per heavy atom. The van der Waals surface area contributed by atoms with Crippen molar-refractivity contribution in [3.8, 4) is 53.3 Å². The van der Waals surface area contributed by atoms with Crippen LogP contribution in [-0.4, -0.2) is 61.1 Å². The average Bonchev–Trinajstić information content (AvgIpc) is 4.03. The van der Waals surface area contributed by atoms with Crippen LogP contribution in [0.5, 0.6) is 11.5 Å². The molecule has 0 radical (unpaired) electrons. The van der Waals surface area contributed by atoms with Gasteiger partial charge in [0.15, 0.2) is 11.5 Å². The van der Waals surface area contributed by atoms with Gasteiger partial charge in [-0.05, 0) is 60.4 Å². The monoisotopic (exact) mass is 818 g/mol. The van der Waals surface area contributed by atoms with Crippen LogP contribution in [-0.2, 0) is 12.8 Å². The second-order valence-corrected chi connectivity index (χ2v) is 18.4. The minimum atomic E-state index is 0.775. The lowest BCUT2D eigenvalue weighted by Crippen LogP contribution is -2.07. The number of thiophene rings is 4. The van der Waals surface area contributed by atoms with E-state index in [4.69, 9.17) is 28.2 Å². The first kappa shape index (κ1) is 36.0. The van der Waals surface area contributed by atoms with Gasteiger partial charge in [0.1, 0.15) is 22.1 Å². The van der Waals surface area contributed by atoms with Gasteiger partial charge in [0, 0.05) is 49.3 Å². The molecule has 0 unspecified atom stereocenters. The summed E-state index contributed by atoms with van der Waals surface area (Å²) in [4.78, 5) is 19.5. The highest BCUT2D eigenvalue weighted by molar-refractivity contribution is 7.32. The van der Waals surface area contributed by atoms with Gasteiger partial charge in [-0.3, -0.25) is 0 Å². The van der Waals surface area contributed by atoms with Crippen molar-refractivity contribution in [1.29, 1.82) is 0 Å². The van der Waals surface area contributed by atoms with Gasteiger partial charge in [0.25, 0.3) is 0 Å². The molecule has 6 heterocycles. The normalized spacial score (nSPS) is 11.8. The van der Waals surface area contributed by atoms with Gasteiger partial charge in [0.2, 0.25) is 0 Å². The Labute approximate surface area is 339 Å². The summed E-state index contributed by atoms with van der Waals surface area (Å²) >= 11 is 8.17. The van der Waals surface area contributed by atoms with Crippen LogP contribution in [0.15, 0.2) is 60.7 Å². The highest BCUT2D eigenvalue weighted by Crippen LogP contribution is 2.56. The van der Waals surface area contributed by atoms with Gasteiger partial charge in [0.05, 0.1) is 77.0 Å².